The second-order valence-corrected chi connectivity index (χ2v) is 3.70. The van der Waals surface area contributed by atoms with E-state index in [4.69, 9.17) is 0 Å². The predicted molar refractivity (Wildman–Crippen MR) is 65.4 cm³/mol. The lowest BCUT2D eigenvalue weighted by Gasteiger charge is -1.99. The second-order valence-electron chi connectivity index (χ2n) is 3.70. The zero-order valence-corrected chi connectivity index (χ0v) is 9.08. The minimum Gasteiger partial charge on any atom is -0.312 e. The number of hydrogen-bond acceptors (Lipinski definition) is 4. The van der Waals surface area contributed by atoms with E-state index in [2.05, 4.69) is 20.7 Å². The van der Waals surface area contributed by atoms with E-state index < -0.39 is 0 Å². The number of rotatable bonds is 2. The first-order valence-corrected chi connectivity index (χ1v) is 5.10. The van der Waals surface area contributed by atoms with Crippen LogP contribution >= 0.6 is 0 Å². The fraction of sp³-hybridized carbons (Fsp3) is 0.0909. The molecule has 6 nitrogen and oxygen atoms in total. The number of pyridine rings is 1. The van der Waals surface area contributed by atoms with Crippen LogP contribution in [0.3, 0.4) is 0 Å². The van der Waals surface area contributed by atoms with Gasteiger partial charge in [-0.3, -0.25) is 4.98 Å². The Bertz CT molecular complexity index is 718. The van der Waals surface area contributed by atoms with Gasteiger partial charge in [0.15, 0.2) is 0 Å². The van der Waals surface area contributed by atoms with Gasteiger partial charge in [0.05, 0.1) is 16.3 Å². The molecule has 2 heterocycles. The summed E-state index contributed by atoms with van der Waals surface area (Å²) in [6, 6.07) is 7.67. The zero-order valence-electron chi connectivity index (χ0n) is 9.08. The highest BCUT2D eigenvalue weighted by molar-refractivity contribution is 6.03. The van der Waals surface area contributed by atoms with Crippen LogP contribution in [0.1, 0.15) is 0 Å². The maximum atomic E-state index is 10.2. The van der Waals surface area contributed by atoms with Gasteiger partial charge in [-0.2, -0.15) is 0 Å². The molecule has 0 bridgehead atoms. The Hall–Kier alpha value is -2.50. The van der Waals surface area contributed by atoms with Crippen LogP contribution in [0.25, 0.3) is 21.9 Å². The molecule has 0 aliphatic rings. The molecular formula is C11H9N5O. The fourth-order valence-electron chi connectivity index (χ4n) is 1.95. The summed E-state index contributed by atoms with van der Waals surface area (Å²) in [5, 5.41) is 3.60. The number of anilines is 1. The van der Waals surface area contributed by atoms with E-state index in [1.807, 2.05) is 31.3 Å². The highest BCUT2D eigenvalue weighted by Gasteiger charge is 2.10. The van der Waals surface area contributed by atoms with E-state index in [-0.39, 0.29) is 0 Å². The second kappa shape index (κ2) is 3.51. The summed E-state index contributed by atoms with van der Waals surface area (Å²) in [6.45, 7) is 0. The van der Waals surface area contributed by atoms with Gasteiger partial charge in [0.2, 0.25) is 5.95 Å². The van der Waals surface area contributed by atoms with Crippen molar-refractivity contribution < 1.29 is 0 Å². The Morgan fingerprint density at radius 2 is 2.24 bits per heavy atom. The van der Waals surface area contributed by atoms with E-state index in [1.54, 1.807) is 10.8 Å². The van der Waals surface area contributed by atoms with Gasteiger partial charge in [0, 0.05) is 18.6 Å². The smallest absolute Gasteiger partial charge is 0.227 e. The number of aryl methyl sites for hydroxylation is 1. The van der Waals surface area contributed by atoms with Crippen molar-refractivity contribution in [2.75, 3.05) is 5.43 Å². The minimum absolute atomic E-state index is 0.423. The molecule has 2 aromatic heterocycles. The lowest BCUT2D eigenvalue weighted by atomic mass is 10.2. The third-order valence-corrected chi connectivity index (χ3v) is 2.78. The molecule has 84 valence electrons. The molecule has 17 heavy (non-hydrogen) atoms. The van der Waals surface area contributed by atoms with E-state index in [0.29, 0.717) is 5.95 Å². The van der Waals surface area contributed by atoms with Gasteiger partial charge < -0.3 is 4.57 Å². The Morgan fingerprint density at radius 3 is 3.06 bits per heavy atom. The largest absolute Gasteiger partial charge is 0.312 e. The number of imidazole rings is 1. The summed E-state index contributed by atoms with van der Waals surface area (Å²) in [5.41, 5.74) is 4.95. The van der Waals surface area contributed by atoms with Crippen LogP contribution in [0, 0.1) is 4.91 Å². The molecule has 3 rings (SSSR count). The van der Waals surface area contributed by atoms with Crippen molar-refractivity contribution >= 4 is 27.9 Å². The van der Waals surface area contributed by atoms with E-state index >= 15 is 0 Å². The Kier molecular flexibility index (Phi) is 2.01. The number of aromatic nitrogens is 3. The Labute approximate surface area is 96.2 Å². The van der Waals surface area contributed by atoms with E-state index in [0.717, 1.165) is 21.9 Å². The number of hydrogen-bond donors (Lipinski definition) is 1. The highest BCUT2D eigenvalue weighted by atomic mass is 16.3. The lowest BCUT2D eigenvalue weighted by Crippen LogP contribution is -1.96. The van der Waals surface area contributed by atoms with Gasteiger partial charge in [-0.25, -0.2) is 10.4 Å². The maximum Gasteiger partial charge on any atom is 0.227 e. The van der Waals surface area contributed by atoms with Crippen molar-refractivity contribution in [1.82, 2.24) is 14.5 Å². The lowest BCUT2D eigenvalue weighted by molar-refractivity contribution is 0.941. The third-order valence-electron chi connectivity index (χ3n) is 2.78. The van der Waals surface area contributed by atoms with Crippen LogP contribution in [0.15, 0.2) is 35.7 Å². The average molecular weight is 227 g/mol. The van der Waals surface area contributed by atoms with Crippen LogP contribution in [0.2, 0.25) is 0 Å². The number of fused-ring (bicyclic) bond motifs is 3. The number of nitrogens with one attached hydrogen (secondary N) is 1. The fourth-order valence-corrected chi connectivity index (χ4v) is 1.95. The van der Waals surface area contributed by atoms with Gasteiger partial charge >= 0.3 is 0 Å². The molecule has 0 aliphatic carbocycles. The van der Waals surface area contributed by atoms with Gasteiger partial charge in [-0.1, -0.05) is 0 Å². The van der Waals surface area contributed by atoms with Crippen LogP contribution in [0.4, 0.5) is 5.95 Å². The molecule has 0 saturated carbocycles. The summed E-state index contributed by atoms with van der Waals surface area (Å²) in [5.74, 6) is 0.423. The van der Waals surface area contributed by atoms with Gasteiger partial charge in [0.1, 0.15) is 5.52 Å². The van der Waals surface area contributed by atoms with Crippen LogP contribution in [0.5, 0.6) is 0 Å². The molecule has 0 unspecified atom stereocenters. The van der Waals surface area contributed by atoms with Crippen molar-refractivity contribution in [3.05, 3.63) is 35.4 Å². The van der Waals surface area contributed by atoms with E-state index in [1.165, 1.54) is 0 Å². The van der Waals surface area contributed by atoms with Gasteiger partial charge in [0.25, 0.3) is 0 Å². The Morgan fingerprint density at radius 1 is 1.35 bits per heavy atom. The predicted octanol–water partition coefficient (Wildman–Crippen LogP) is 2.21. The van der Waals surface area contributed by atoms with Gasteiger partial charge in [-0.15, -0.1) is 4.91 Å². The molecule has 0 fully saturated rings. The summed E-state index contributed by atoms with van der Waals surface area (Å²) >= 11 is 0. The molecule has 1 aromatic carbocycles. The molecule has 0 saturated heterocycles. The van der Waals surface area contributed by atoms with Crippen LogP contribution < -0.4 is 5.43 Å². The SMILES string of the molecule is Cn1c(NN=O)nc2c3cccnc3ccc21. The van der Waals surface area contributed by atoms with Crippen molar-refractivity contribution in [2.24, 2.45) is 12.3 Å². The van der Waals surface area contributed by atoms with Crippen molar-refractivity contribution in [1.29, 1.82) is 0 Å². The van der Waals surface area contributed by atoms with Crippen molar-refractivity contribution in [3.8, 4) is 0 Å². The summed E-state index contributed by atoms with van der Waals surface area (Å²) in [4.78, 5) is 18.8. The molecule has 0 radical (unpaired) electrons. The van der Waals surface area contributed by atoms with Crippen LogP contribution in [-0.4, -0.2) is 14.5 Å². The quantitative estimate of drug-likeness (QED) is 0.538. The molecule has 0 spiro atoms. The van der Waals surface area contributed by atoms with Crippen molar-refractivity contribution in [3.63, 3.8) is 0 Å². The maximum absolute atomic E-state index is 10.2. The molecule has 3 aromatic rings. The monoisotopic (exact) mass is 227 g/mol. The summed E-state index contributed by atoms with van der Waals surface area (Å²) in [6.07, 6.45) is 1.74. The molecule has 0 aliphatic heterocycles. The van der Waals surface area contributed by atoms with Gasteiger partial charge in [-0.05, 0) is 24.3 Å². The first kappa shape index (κ1) is 9.71. The summed E-state index contributed by atoms with van der Waals surface area (Å²) in [7, 11) is 1.82. The minimum atomic E-state index is 0.423. The number of nitrogens with zero attached hydrogens (tertiary/aromatic N) is 4. The molecule has 0 amide bonds. The third kappa shape index (κ3) is 1.34. The van der Waals surface area contributed by atoms with Crippen molar-refractivity contribution in [2.45, 2.75) is 0 Å². The average Bonchev–Trinajstić information content (AvgIpc) is 2.68. The molecular weight excluding hydrogens is 218 g/mol. The number of nitroso groups, excluding NO2 is 1. The number of benzene rings is 1. The van der Waals surface area contributed by atoms with E-state index in [9.17, 15) is 4.91 Å². The molecule has 1 N–H and O–H groups in total. The topological polar surface area (TPSA) is 72.2 Å². The summed E-state index contributed by atoms with van der Waals surface area (Å²) < 4.78 is 1.78. The zero-order chi connectivity index (χ0) is 11.8. The highest BCUT2D eigenvalue weighted by Crippen LogP contribution is 2.25. The molecule has 0 atom stereocenters. The normalized spacial score (nSPS) is 10.9. The Balaban J connectivity index is 2.42. The first-order chi connectivity index (χ1) is 8.31. The standard InChI is InChI=1S/C11H9N5O/c1-16-9-5-4-8-7(3-2-6-12-8)10(9)13-11(16)14-15-17/h2-6H,1H3,(H,13,14,17). The molecule has 6 heteroatoms. The first-order valence-electron chi connectivity index (χ1n) is 5.10. The van der Waals surface area contributed by atoms with Crippen LogP contribution in [-0.2, 0) is 7.05 Å².